The summed E-state index contributed by atoms with van der Waals surface area (Å²) >= 11 is 0. The van der Waals surface area contributed by atoms with Gasteiger partial charge < -0.3 is 20.1 Å². The van der Waals surface area contributed by atoms with Gasteiger partial charge in [0, 0.05) is 11.1 Å². The molecule has 0 unspecified atom stereocenters. The van der Waals surface area contributed by atoms with Crippen LogP contribution in [-0.2, 0) is 0 Å². The van der Waals surface area contributed by atoms with Gasteiger partial charge in [-0.25, -0.2) is 0 Å². The smallest absolute Gasteiger partial charge is 0.253 e. The van der Waals surface area contributed by atoms with E-state index in [0.29, 0.717) is 34.8 Å². The summed E-state index contributed by atoms with van der Waals surface area (Å²) < 4.78 is 11.0. The lowest BCUT2D eigenvalue weighted by atomic mass is 10.1. The Morgan fingerprint density at radius 2 is 1.38 bits per heavy atom. The van der Waals surface area contributed by atoms with Gasteiger partial charge in [0.25, 0.3) is 11.8 Å². The molecule has 0 heterocycles. The number of carbonyl (C=O) groups is 2. The van der Waals surface area contributed by atoms with E-state index in [4.69, 9.17) is 9.47 Å². The second-order valence-electron chi connectivity index (χ2n) is 7.46. The SMILES string of the molecule is CCOc1cc(C(NC(=O)c2cccc(C)c2)NC(=O)c2cccc(C)c2)ccc1OC. The van der Waals surface area contributed by atoms with Crippen molar-refractivity contribution in [1.29, 1.82) is 0 Å². The normalized spacial score (nSPS) is 10.5. The highest BCUT2D eigenvalue weighted by molar-refractivity contribution is 5.97. The van der Waals surface area contributed by atoms with Gasteiger partial charge in [-0.3, -0.25) is 9.59 Å². The summed E-state index contributed by atoms with van der Waals surface area (Å²) in [5, 5.41) is 5.86. The number of methoxy groups -OCH3 is 1. The monoisotopic (exact) mass is 432 g/mol. The van der Waals surface area contributed by atoms with Crippen LogP contribution in [0.15, 0.2) is 66.7 Å². The van der Waals surface area contributed by atoms with E-state index >= 15 is 0 Å². The van der Waals surface area contributed by atoms with Crippen LogP contribution in [-0.4, -0.2) is 25.5 Å². The van der Waals surface area contributed by atoms with Crippen LogP contribution in [0.2, 0.25) is 0 Å². The maximum absolute atomic E-state index is 13.0. The highest BCUT2D eigenvalue weighted by atomic mass is 16.5. The summed E-state index contributed by atoms with van der Waals surface area (Å²) in [7, 11) is 1.56. The number of hydrogen-bond donors (Lipinski definition) is 2. The van der Waals surface area contributed by atoms with Crippen LogP contribution in [0, 0.1) is 13.8 Å². The lowest BCUT2D eigenvalue weighted by Crippen LogP contribution is -2.41. The van der Waals surface area contributed by atoms with Crippen molar-refractivity contribution in [2.24, 2.45) is 0 Å². The fourth-order valence-electron chi connectivity index (χ4n) is 3.35. The summed E-state index contributed by atoms with van der Waals surface area (Å²) in [6.07, 6.45) is -0.777. The van der Waals surface area contributed by atoms with E-state index in [2.05, 4.69) is 10.6 Å². The lowest BCUT2D eigenvalue weighted by molar-refractivity contribution is 0.0883. The summed E-state index contributed by atoms with van der Waals surface area (Å²) in [4.78, 5) is 25.9. The van der Waals surface area contributed by atoms with Crippen LogP contribution in [0.3, 0.4) is 0 Å². The predicted molar refractivity (Wildman–Crippen MR) is 124 cm³/mol. The average molecular weight is 433 g/mol. The fraction of sp³-hybridized carbons (Fsp3) is 0.231. The fourth-order valence-corrected chi connectivity index (χ4v) is 3.35. The van der Waals surface area contributed by atoms with E-state index in [-0.39, 0.29) is 11.8 Å². The van der Waals surface area contributed by atoms with Crippen molar-refractivity contribution in [2.45, 2.75) is 26.9 Å². The number of ether oxygens (including phenoxy) is 2. The molecule has 0 aliphatic heterocycles. The summed E-state index contributed by atoms with van der Waals surface area (Å²) in [5.41, 5.74) is 3.63. The van der Waals surface area contributed by atoms with Crippen molar-refractivity contribution in [3.05, 3.63) is 94.5 Å². The molecular weight excluding hydrogens is 404 g/mol. The maximum atomic E-state index is 13.0. The minimum atomic E-state index is -0.777. The Balaban J connectivity index is 1.94. The summed E-state index contributed by atoms with van der Waals surface area (Å²) in [6, 6.07) is 19.9. The van der Waals surface area contributed by atoms with Gasteiger partial charge in [0.1, 0.15) is 6.17 Å². The molecule has 6 heteroatoms. The summed E-state index contributed by atoms with van der Waals surface area (Å²) in [5.74, 6) is 0.519. The second kappa shape index (κ2) is 10.5. The van der Waals surface area contributed by atoms with Crippen LogP contribution in [0.5, 0.6) is 11.5 Å². The first-order chi connectivity index (χ1) is 15.4. The van der Waals surface area contributed by atoms with Crippen molar-refractivity contribution in [1.82, 2.24) is 10.6 Å². The quantitative estimate of drug-likeness (QED) is 0.511. The lowest BCUT2D eigenvalue weighted by Gasteiger charge is -2.22. The molecule has 0 spiro atoms. The third-order valence-corrected chi connectivity index (χ3v) is 4.93. The number of amides is 2. The van der Waals surface area contributed by atoms with Crippen LogP contribution in [0.4, 0.5) is 0 Å². The first-order valence-corrected chi connectivity index (χ1v) is 10.5. The zero-order chi connectivity index (χ0) is 23.1. The van der Waals surface area contributed by atoms with E-state index in [9.17, 15) is 9.59 Å². The van der Waals surface area contributed by atoms with E-state index in [0.717, 1.165) is 11.1 Å². The van der Waals surface area contributed by atoms with Gasteiger partial charge in [0.2, 0.25) is 0 Å². The van der Waals surface area contributed by atoms with Gasteiger partial charge in [0.15, 0.2) is 11.5 Å². The molecule has 32 heavy (non-hydrogen) atoms. The van der Waals surface area contributed by atoms with Gasteiger partial charge in [-0.2, -0.15) is 0 Å². The van der Waals surface area contributed by atoms with Crippen molar-refractivity contribution in [2.75, 3.05) is 13.7 Å². The summed E-state index contributed by atoms with van der Waals surface area (Å²) in [6.45, 7) is 6.18. The van der Waals surface area contributed by atoms with Crippen LogP contribution < -0.4 is 20.1 Å². The molecule has 2 amide bonds. The van der Waals surface area contributed by atoms with Gasteiger partial charge in [0.05, 0.1) is 13.7 Å². The average Bonchev–Trinajstić information content (AvgIpc) is 2.78. The Morgan fingerprint density at radius 1 is 0.812 bits per heavy atom. The molecule has 0 fully saturated rings. The molecule has 0 saturated carbocycles. The number of carbonyl (C=O) groups excluding carboxylic acids is 2. The number of rotatable bonds is 8. The highest BCUT2D eigenvalue weighted by Crippen LogP contribution is 2.30. The Bertz CT molecular complexity index is 1050. The predicted octanol–water partition coefficient (Wildman–Crippen LogP) is 4.57. The number of hydrogen-bond acceptors (Lipinski definition) is 4. The number of nitrogens with one attached hydrogen (secondary N) is 2. The molecule has 3 aromatic rings. The molecule has 3 aromatic carbocycles. The first kappa shape index (κ1) is 22.9. The largest absolute Gasteiger partial charge is 0.493 e. The molecule has 3 rings (SSSR count). The van der Waals surface area contributed by atoms with E-state index in [1.54, 1.807) is 49.6 Å². The molecule has 6 nitrogen and oxygen atoms in total. The molecular formula is C26H28N2O4. The molecule has 0 aliphatic carbocycles. The van der Waals surface area contributed by atoms with Gasteiger partial charge >= 0.3 is 0 Å². The van der Waals surface area contributed by atoms with E-state index < -0.39 is 6.17 Å². The van der Waals surface area contributed by atoms with Crippen molar-refractivity contribution in [3.8, 4) is 11.5 Å². The molecule has 0 saturated heterocycles. The standard InChI is InChI=1S/C26H28N2O4/c1-5-32-23-16-19(12-13-22(23)31-4)24(27-25(29)20-10-6-8-17(2)14-20)28-26(30)21-11-7-9-18(3)15-21/h6-16,24H,5H2,1-4H3,(H,27,29)(H,28,30). The highest BCUT2D eigenvalue weighted by Gasteiger charge is 2.21. The minimum Gasteiger partial charge on any atom is -0.493 e. The van der Waals surface area contributed by atoms with Crippen molar-refractivity contribution < 1.29 is 19.1 Å². The van der Waals surface area contributed by atoms with Crippen LogP contribution in [0.1, 0.15) is 50.5 Å². The second-order valence-corrected chi connectivity index (χ2v) is 7.46. The van der Waals surface area contributed by atoms with Gasteiger partial charge in [-0.1, -0.05) is 41.5 Å². The van der Waals surface area contributed by atoms with E-state index in [1.165, 1.54) is 0 Å². The molecule has 0 atom stereocenters. The minimum absolute atomic E-state index is 0.294. The molecule has 166 valence electrons. The first-order valence-electron chi connectivity index (χ1n) is 10.5. The third kappa shape index (κ3) is 5.66. The zero-order valence-electron chi connectivity index (χ0n) is 18.8. The molecule has 2 N–H and O–H groups in total. The molecule has 0 bridgehead atoms. The molecule has 0 aliphatic rings. The Labute approximate surface area is 188 Å². The zero-order valence-corrected chi connectivity index (χ0v) is 18.8. The Kier molecular flexibility index (Phi) is 7.49. The number of benzene rings is 3. The Morgan fingerprint density at radius 3 is 1.84 bits per heavy atom. The topological polar surface area (TPSA) is 76.7 Å². The van der Waals surface area contributed by atoms with Crippen molar-refractivity contribution in [3.63, 3.8) is 0 Å². The number of aryl methyl sites for hydroxylation is 2. The van der Waals surface area contributed by atoms with E-state index in [1.807, 2.05) is 45.0 Å². The van der Waals surface area contributed by atoms with Crippen LogP contribution >= 0.6 is 0 Å². The maximum Gasteiger partial charge on any atom is 0.253 e. The molecule has 0 radical (unpaired) electrons. The van der Waals surface area contributed by atoms with Crippen LogP contribution in [0.25, 0.3) is 0 Å². The van der Waals surface area contributed by atoms with Gasteiger partial charge in [-0.15, -0.1) is 0 Å². The molecule has 0 aromatic heterocycles. The third-order valence-electron chi connectivity index (χ3n) is 4.93. The van der Waals surface area contributed by atoms with Crippen molar-refractivity contribution >= 4 is 11.8 Å². The Hall–Kier alpha value is -3.80. The van der Waals surface area contributed by atoms with Gasteiger partial charge in [-0.05, 0) is 62.7 Å².